The van der Waals surface area contributed by atoms with Crippen LogP contribution in [0, 0.1) is 5.92 Å². The van der Waals surface area contributed by atoms with Gasteiger partial charge in [-0.2, -0.15) is 0 Å². The molecule has 2 aromatic heterocycles. The number of carbonyl (C=O) groups excluding carboxylic acids is 1. The zero-order valence-corrected chi connectivity index (χ0v) is 15.0. The van der Waals surface area contributed by atoms with Gasteiger partial charge in [-0.3, -0.25) is 9.78 Å². The highest BCUT2D eigenvalue weighted by atomic mass is 32.2. The van der Waals surface area contributed by atoms with Gasteiger partial charge in [0.25, 0.3) is 5.91 Å². The van der Waals surface area contributed by atoms with Gasteiger partial charge in [-0.25, -0.2) is 8.42 Å². The average molecular weight is 365 g/mol. The molecule has 2 bridgehead atoms. The number of pyridine rings is 1. The van der Waals surface area contributed by atoms with Gasteiger partial charge < -0.3 is 10.2 Å². The summed E-state index contributed by atoms with van der Waals surface area (Å²) < 4.78 is 24.4. The smallest absolute Gasteiger partial charge is 0.270 e. The van der Waals surface area contributed by atoms with Gasteiger partial charge in [-0.1, -0.05) is 0 Å². The summed E-state index contributed by atoms with van der Waals surface area (Å²) in [5.41, 5.74) is 0.348. The summed E-state index contributed by atoms with van der Waals surface area (Å²) in [6, 6.07) is 3.48. The molecule has 1 unspecified atom stereocenters. The maximum atomic E-state index is 12.5. The van der Waals surface area contributed by atoms with Crippen molar-refractivity contribution in [1.29, 1.82) is 0 Å². The Morgan fingerprint density at radius 3 is 2.71 bits per heavy atom. The molecule has 0 aromatic carbocycles. The Kier molecular flexibility index (Phi) is 3.85. The predicted octanol–water partition coefficient (Wildman–Crippen LogP) is 1.52. The fourth-order valence-electron chi connectivity index (χ4n) is 3.59. The van der Waals surface area contributed by atoms with Crippen LogP contribution in [0.5, 0.6) is 0 Å². The molecule has 0 spiro atoms. The Morgan fingerprint density at radius 1 is 1.33 bits per heavy atom. The predicted molar refractivity (Wildman–Crippen MR) is 93.1 cm³/mol. The number of nitrogens with one attached hydrogen (secondary N) is 1. The Bertz CT molecular complexity index is 898. The average Bonchev–Trinajstić information content (AvgIpc) is 2.99. The van der Waals surface area contributed by atoms with E-state index >= 15 is 0 Å². The molecule has 3 aliphatic heterocycles. The lowest BCUT2D eigenvalue weighted by molar-refractivity contribution is 0.0618. The van der Waals surface area contributed by atoms with Crippen LogP contribution in [-0.2, 0) is 9.84 Å². The van der Waals surface area contributed by atoms with Crippen LogP contribution in [0.4, 0.5) is 0 Å². The third-order valence-corrected chi connectivity index (χ3v) is 7.85. The van der Waals surface area contributed by atoms with E-state index in [1.807, 2.05) is 0 Å². The third kappa shape index (κ3) is 2.94. The molecule has 8 heteroatoms. The molecule has 1 atom stereocenters. The number of fused-ring (bicyclic) bond motifs is 4. The molecular formula is C16H19N3O3S2. The van der Waals surface area contributed by atoms with Crippen LogP contribution >= 0.6 is 11.3 Å². The highest BCUT2D eigenvalue weighted by Crippen LogP contribution is 2.30. The standard InChI is InChI=1S/C16H19N3O3S2/c1-24(21,22)15-6-11-8-17-12(7-14(11)23-15)16(20)18-13-9-19-4-2-10(13)3-5-19/h6-8,10,13H,2-5,9H2,1H3,(H,18,20). The number of hydrogen-bond acceptors (Lipinski definition) is 6. The van der Waals surface area contributed by atoms with E-state index in [1.54, 1.807) is 18.3 Å². The lowest BCUT2D eigenvalue weighted by Gasteiger charge is -2.44. The molecule has 1 N–H and O–H groups in total. The first kappa shape index (κ1) is 16.0. The number of aromatic nitrogens is 1. The van der Waals surface area contributed by atoms with Crippen molar-refractivity contribution in [1.82, 2.24) is 15.2 Å². The molecule has 1 amide bonds. The number of sulfone groups is 1. The molecule has 128 valence electrons. The molecule has 5 rings (SSSR count). The van der Waals surface area contributed by atoms with Crippen LogP contribution in [0.1, 0.15) is 23.3 Å². The third-order valence-electron chi connectivity index (χ3n) is 4.95. The second-order valence-corrected chi connectivity index (χ2v) is 9.99. The second kappa shape index (κ2) is 5.79. The number of piperidine rings is 3. The molecule has 0 aliphatic carbocycles. The van der Waals surface area contributed by atoms with E-state index in [0.29, 0.717) is 15.8 Å². The summed E-state index contributed by atoms with van der Waals surface area (Å²) in [7, 11) is -3.24. The lowest BCUT2D eigenvalue weighted by Crippen LogP contribution is -2.57. The number of rotatable bonds is 3. The maximum Gasteiger partial charge on any atom is 0.270 e. The van der Waals surface area contributed by atoms with Crippen molar-refractivity contribution in [3.63, 3.8) is 0 Å². The molecule has 0 saturated carbocycles. The number of thiophene rings is 1. The van der Waals surface area contributed by atoms with E-state index in [-0.39, 0.29) is 11.9 Å². The molecule has 3 saturated heterocycles. The molecule has 2 aromatic rings. The molecule has 5 heterocycles. The first-order valence-electron chi connectivity index (χ1n) is 8.03. The van der Waals surface area contributed by atoms with Crippen molar-refractivity contribution in [2.24, 2.45) is 5.92 Å². The number of carbonyl (C=O) groups is 1. The van der Waals surface area contributed by atoms with Gasteiger partial charge in [0.15, 0.2) is 9.84 Å². The van der Waals surface area contributed by atoms with E-state index in [4.69, 9.17) is 0 Å². The van der Waals surface area contributed by atoms with Crippen molar-refractivity contribution in [2.45, 2.75) is 23.1 Å². The normalized spacial score (nSPS) is 26.6. The molecular weight excluding hydrogens is 346 g/mol. The van der Waals surface area contributed by atoms with Crippen LogP contribution in [-0.4, -0.2) is 56.1 Å². The van der Waals surface area contributed by atoms with Gasteiger partial charge in [0.1, 0.15) is 9.90 Å². The van der Waals surface area contributed by atoms with Crippen molar-refractivity contribution < 1.29 is 13.2 Å². The molecule has 3 fully saturated rings. The van der Waals surface area contributed by atoms with Crippen molar-refractivity contribution in [3.05, 3.63) is 24.0 Å². The number of amides is 1. The second-order valence-electron chi connectivity index (χ2n) is 6.66. The van der Waals surface area contributed by atoms with E-state index < -0.39 is 9.84 Å². The van der Waals surface area contributed by atoms with Gasteiger partial charge in [-0.15, -0.1) is 11.3 Å². The summed E-state index contributed by atoms with van der Waals surface area (Å²) in [5, 5.41) is 3.86. The van der Waals surface area contributed by atoms with Crippen LogP contribution in [0.3, 0.4) is 0 Å². The van der Waals surface area contributed by atoms with E-state index in [9.17, 15) is 13.2 Å². The SMILES string of the molecule is CS(=O)(=O)c1cc2cnc(C(=O)NC3CN4CCC3CC4)cc2s1. The van der Waals surface area contributed by atoms with Gasteiger partial charge in [0, 0.05) is 35.1 Å². The van der Waals surface area contributed by atoms with Crippen LogP contribution in [0.15, 0.2) is 22.5 Å². The van der Waals surface area contributed by atoms with E-state index in [0.717, 1.165) is 42.6 Å². The minimum atomic E-state index is -3.24. The molecule has 24 heavy (non-hydrogen) atoms. The minimum absolute atomic E-state index is 0.176. The summed E-state index contributed by atoms with van der Waals surface area (Å²) in [4.78, 5) is 19.1. The van der Waals surface area contributed by atoms with Crippen molar-refractivity contribution >= 4 is 37.2 Å². The van der Waals surface area contributed by atoms with Crippen LogP contribution in [0.2, 0.25) is 0 Å². The minimum Gasteiger partial charge on any atom is -0.346 e. The zero-order valence-electron chi connectivity index (χ0n) is 13.4. The zero-order chi connectivity index (χ0) is 16.9. The Labute approximate surface area is 144 Å². The first-order chi connectivity index (χ1) is 11.4. The lowest BCUT2D eigenvalue weighted by atomic mass is 9.84. The Morgan fingerprint density at radius 2 is 2.08 bits per heavy atom. The number of nitrogens with zero attached hydrogens (tertiary/aromatic N) is 2. The van der Waals surface area contributed by atoms with E-state index in [2.05, 4.69) is 15.2 Å². The van der Waals surface area contributed by atoms with Crippen LogP contribution < -0.4 is 5.32 Å². The number of hydrogen-bond donors (Lipinski definition) is 1. The fraction of sp³-hybridized carbons (Fsp3) is 0.500. The highest BCUT2D eigenvalue weighted by Gasteiger charge is 2.35. The molecule has 0 radical (unpaired) electrons. The highest BCUT2D eigenvalue weighted by molar-refractivity contribution is 7.92. The molecule has 6 nitrogen and oxygen atoms in total. The fourth-order valence-corrected chi connectivity index (χ4v) is 5.61. The summed E-state index contributed by atoms with van der Waals surface area (Å²) in [6.45, 7) is 3.17. The maximum absolute atomic E-state index is 12.5. The Balaban J connectivity index is 1.56. The van der Waals surface area contributed by atoms with Crippen LogP contribution in [0.25, 0.3) is 10.1 Å². The van der Waals surface area contributed by atoms with Gasteiger partial charge in [-0.05, 0) is 44.0 Å². The van der Waals surface area contributed by atoms with Gasteiger partial charge >= 0.3 is 0 Å². The van der Waals surface area contributed by atoms with Crippen molar-refractivity contribution in [2.75, 3.05) is 25.9 Å². The summed E-state index contributed by atoms with van der Waals surface area (Å²) in [6.07, 6.45) is 5.04. The topological polar surface area (TPSA) is 79.4 Å². The van der Waals surface area contributed by atoms with Gasteiger partial charge in [0.2, 0.25) is 0 Å². The quantitative estimate of drug-likeness (QED) is 0.892. The van der Waals surface area contributed by atoms with Crippen molar-refractivity contribution in [3.8, 4) is 0 Å². The molecule has 3 aliphatic rings. The first-order valence-corrected chi connectivity index (χ1v) is 10.7. The summed E-state index contributed by atoms with van der Waals surface area (Å²) in [5.74, 6) is 0.381. The van der Waals surface area contributed by atoms with Gasteiger partial charge in [0.05, 0.1) is 0 Å². The summed E-state index contributed by atoms with van der Waals surface area (Å²) >= 11 is 1.18. The Hall–Kier alpha value is -1.51. The monoisotopic (exact) mass is 365 g/mol. The largest absolute Gasteiger partial charge is 0.346 e. The van der Waals surface area contributed by atoms with E-state index in [1.165, 1.54) is 17.6 Å².